The van der Waals surface area contributed by atoms with Gasteiger partial charge in [0.05, 0.1) is 0 Å². The average Bonchev–Trinajstić information content (AvgIpc) is 2.25. The quantitative estimate of drug-likeness (QED) is 0.641. The molecule has 134 valence electrons. The first kappa shape index (κ1) is 23.7. The van der Waals surface area contributed by atoms with E-state index in [-0.39, 0.29) is 16.6 Å². The summed E-state index contributed by atoms with van der Waals surface area (Å²) in [6.45, 7) is 15.9. The van der Waals surface area contributed by atoms with Crippen LogP contribution in [-0.4, -0.2) is 21.4 Å². The molecule has 0 atom stereocenters. The van der Waals surface area contributed by atoms with E-state index in [9.17, 15) is 19.5 Å². The van der Waals surface area contributed by atoms with Crippen LogP contribution in [0, 0.1) is 0 Å². The number of phenolic OH excluding ortho intramolecular Hbond substituents is 1. The van der Waals surface area contributed by atoms with E-state index in [1.54, 1.807) is 12.1 Å². The fourth-order valence-corrected chi connectivity index (χ4v) is 2.78. The summed E-state index contributed by atoms with van der Waals surface area (Å²) in [7, 11) is -4.63. The van der Waals surface area contributed by atoms with Gasteiger partial charge in [-0.1, -0.05) is 61.3 Å². The Morgan fingerprint density at radius 1 is 1.04 bits per heavy atom. The van der Waals surface area contributed by atoms with Gasteiger partial charge in [0, 0.05) is 6.16 Å². The molecule has 1 N–H and O–H groups in total. The third-order valence-electron chi connectivity index (χ3n) is 3.16. The Morgan fingerprint density at radius 2 is 1.33 bits per heavy atom. The second-order valence-electron chi connectivity index (χ2n) is 8.55. The minimum absolute atomic E-state index is 0.181. The third-order valence-corrected chi connectivity index (χ3v) is 3.91. The third kappa shape index (κ3) is 8.70. The molecule has 0 fully saturated rings. The van der Waals surface area contributed by atoms with Crippen molar-refractivity contribution >= 4 is 23.9 Å². The standard InChI is InChI=1S/C15H25O4P.C3H7.Al/c1-14(2,3)11-7-10(9-20(17,18)19)8-12(13(11)16)15(4,5)6;1-3-2;/h7-8,16H,9H2,1-6H3,(H2,17,18,19);3H,1-2H3;/q;;+2/p-2. The van der Waals surface area contributed by atoms with Crippen LogP contribution in [-0.2, 0) is 21.6 Å². The maximum atomic E-state index is 11.0. The Labute approximate surface area is 155 Å². The van der Waals surface area contributed by atoms with Crippen molar-refractivity contribution in [3.8, 4) is 5.75 Å². The van der Waals surface area contributed by atoms with Crippen LogP contribution in [0.5, 0.6) is 5.75 Å². The number of hydrogen-bond donors (Lipinski definition) is 1. The topological polar surface area (TPSA) is 83.4 Å². The van der Waals surface area contributed by atoms with E-state index in [0.717, 1.165) is 4.78 Å². The normalized spacial score (nSPS) is 12.9. The van der Waals surface area contributed by atoms with Crippen molar-refractivity contribution in [3.63, 3.8) is 0 Å². The van der Waals surface area contributed by atoms with E-state index in [0.29, 0.717) is 16.7 Å². The molecule has 0 radical (unpaired) electrons. The number of benzene rings is 1. The van der Waals surface area contributed by atoms with Gasteiger partial charge >= 0.3 is 34.9 Å². The Hall–Kier alpha value is -0.298. The second-order valence-corrected chi connectivity index (χ2v) is 11.4. The van der Waals surface area contributed by atoms with Gasteiger partial charge in [-0.15, -0.1) is 0 Å². The van der Waals surface area contributed by atoms with Gasteiger partial charge in [-0.05, 0) is 27.5 Å². The Bertz CT molecular complexity index is 554. The molecule has 6 heteroatoms. The number of phenols is 1. The Morgan fingerprint density at radius 3 is 1.54 bits per heavy atom. The van der Waals surface area contributed by atoms with Crippen LogP contribution >= 0.6 is 7.60 Å². The SMILES string of the molecule is CC(C)(C)c1cc(CP(=O)([O-])[O-])cc(C(C)(C)C)c1O.C[CH](C)[Al+2]. The van der Waals surface area contributed by atoms with E-state index >= 15 is 0 Å². The van der Waals surface area contributed by atoms with Gasteiger partial charge in [0.2, 0.25) is 0 Å². The fraction of sp³-hybridized carbons (Fsp3) is 0.667. The summed E-state index contributed by atoms with van der Waals surface area (Å²) in [6.07, 6.45) is -0.528. The summed E-state index contributed by atoms with van der Waals surface area (Å²) < 4.78 is 11.8. The zero-order chi connectivity index (χ0) is 19.5. The predicted molar refractivity (Wildman–Crippen MR) is 97.7 cm³/mol. The first-order chi connectivity index (χ1) is 10.4. The van der Waals surface area contributed by atoms with Crippen LogP contribution in [0.2, 0.25) is 4.78 Å². The number of aromatic hydroxyl groups is 1. The molecular formula is C18H30AlO4P. The summed E-state index contributed by atoms with van der Waals surface area (Å²) in [5.41, 5.74) is 1.08. The first-order valence-electron chi connectivity index (χ1n) is 8.08. The minimum atomic E-state index is -4.63. The van der Waals surface area contributed by atoms with Gasteiger partial charge in [0.1, 0.15) is 5.75 Å². The van der Waals surface area contributed by atoms with Crippen molar-refractivity contribution in [1.82, 2.24) is 0 Å². The molecule has 1 aromatic carbocycles. The average molecular weight is 368 g/mol. The fourth-order valence-electron chi connectivity index (χ4n) is 2.15. The molecule has 0 aliphatic carbocycles. The summed E-state index contributed by atoms with van der Waals surface area (Å²) in [6, 6.07) is 3.24. The predicted octanol–water partition coefficient (Wildman–Crippen LogP) is 3.38. The van der Waals surface area contributed by atoms with Crippen molar-refractivity contribution in [1.29, 1.82) is 0 Å². The van der Waals surface area contributed by atoms with Crippen molar-refractivity contribution in [2.75, 3.05) is 0 Å². The summed E-state index contributed by atoms with van der Waals surface area (Å²) in [4.78, 5) is 22.0. The Kier molecular flexibility index (Phi) is 8.28. The summed E-state index contributed by atoms with van der Waals surface area (Å²) >= 11 is 2.66. The van der Waals surface area contributed by atoms with Crippen LogP contribution in [0.4, 0.5) is 0 Å². The van der Waals surface area contributed by atoms with Crippen molar-refractivity contribution < 1.29 is 19.5 Å². The van der Waals surface area contributed by atoms with E-state index in [2.05, 4.69) is 30.1 Å². The molecule has 0 unspecified atom stereocenters. The van der Waals surface area contributed by atoms with Gasteiger partial charge in [-0.2, -0.15) is 0 Å². The molecule has 0 amide bonds. The van der Waals surface area contributed by atoms with Crippen LogP contribution < -0.4 is 9.79 Å². The van der Waals surface area contributed by atoms with Gasteiger partial charge in [0.15, 0.2) is 0 Å². The molecule has 0 spiro atoms. The van der Waals surface area contributed by atoms with Gasteiger partial charge in [-0.3, -0.25) is 0 Å². The van der Waals surface area contributed by atoms with Crippen LogP contribution in [0.15, 0.2) is 12.1 Å². The van der Waals surface area contributed by atoms with Crippen LogP contribution in [0.25, 0.3) is 0 Å². The monoisotopic (exact) mass is 368 g/mol. The van der Waals surface area contributed by atoms with Crippen LogP contribution in [0.1, 0.15) is 72.1 Å². The van der Waals surface area contributed by atoms with Crippen molar-refractivity contribution in [3.05, 3.63) is 28.8 Å². The van der Waals surface area contributed by atoms with Gasteiger partial charge in [-0.25, -0.2) is 0 Å². The molecule has 0 aromatic heterocycles. The molecule has 4 nitrogen and oxygen atoms in total. The summed E-state index contributed by atoms with van der Waals surface area (Å²) in [5, 5.41) is 10.5. The van der Waals surface area contributed by atoms with E-state index in [4.69, 9.17) is 0 Å². The van der Waals surface area contributed by atoms with E-state index < -0.39 is 13.8 Å². The molecule has 0 heterocycles. The zero-order valence-electron chi connectivity index (χ0n) is 16.1. The second kappa shape index (κ2) is 8.39. The van der Waals surface area contributed by atoms with Gasteiger partial charge in [0.25, 0.3) is 0 Å². The maximum absolute atomic E-state index is 11.0. The number of rotatable bonds is 2. The molecule has 24 heavy (non-hydrogen) atoms. The van der Waals surface area contributed by atoms with E-state index in [1.807, 2.05) is 41.5 Å². The Balaban J connectivity index is 0.00000118. The molecule has 0 aliphatic rings. The van der Waals surface area contributed by atoms with Gasteiger partial charge < -0.3 is 19.5 Å². The molecule has 0 saturated carbocycles. The zero-order valence-corrected chi connectivity index (χ0v) is 18.2. The number of hydrogen-bond acceptors (Lipinski definition) is 4. The summed E-state index contributed by atoms with van der Waals surface area (Å²) in [5.74, 6) is 0.181. The van der Waals surface area contributed by atoms with Crippen molar-refractivity contribution in [2.24, 2.45) is 0 Å². The van der Waals surface area contributed by atoms with Crippen LogP contribution in [0.3, 0.4) is 0 Å². The molecule has 0 bridgehead atoms. The van der Waals surface area contributed by atoms with E-state index in [1.165, 1.54) is 0 Å². The molecule has 1 aromatic rings. The molecule has 0 saturated heterocycles. The first-order valence-corrected chi connectivity index (χ1v) is 10.5. The molecule has 1 rings (SSSR count). The van der Waals surface area contributed by atoms with Crippen molar-refractivity contribution in [2.45, 2.75) is 77.2 Å². The molecular weight excluding hydrogens is 338 g/mol. The molecule has 0 aliphatic heterocycles.